The fourth-order valence-electron chi connectivity index (χ4n) is 2.53. The van der Waals surface area contributed by atoms with E-state index in [0.717, 1.165) is 11.3 Å². The van der Waals surface area contributed by atoms with Gasteiger partial charge in [0.1, 0.15) is 5.75 Å². The van der Waals surface area contributed by atoms with Crippen molar-refractivity contribution in [1.29, 1.82) is 0 Å². The van der Waals surface area contributed by atoms with Gasteiger partial charge in [-0.2, -0.15) is 13.2 Å². The van der Waals surface area contributed by atoms with Gasteiger partial charge in [-0.1, -0.05) is 18.2 Å². The van der Waals surface area contributed by atoms with Gasteiger partial charge in [-0.05, 0) is 6.07 Å². The monoisotopic (exact) mass is 288 g/mol. The second-order valence-corrected chi connectivity index (χ2v) is 4.86. The molecule has 0 spiro atoms. The number of benzene rings is 1. The zero-order valence-corrected chi connectivity index (χ0v) is 11.4. The van der Waals surface area contributed by atoms with Crippen LogP contribution >= 0.6 is 0 Å². The summed E-state index contributed by atoms with van der Waals surface area (Å²) in [6.45, 7) is 1.98. The van der Waals surface area contributed by atoms with Gasteiger partial charge in [0.05, 0.1) is 19.6 Å². The van der Waals surface area contributed by atoms with Crippen LogP contribution in [0.4, 0.5) is 13.2 Å². The molecule has 1 unspecified atom stereocenters. The number of halogens is 3. The molecule has 1 saturated heterocycles. The second-order valence-electron chi connectivity index (χ2n) is 4.86. The Morgan fingerprint density at radius 2 is 2.10 bits per heavy atom. The molecule has 1 aromatic rings. The molecule has 3 nitrogen and oxygen atoms in total. The Bertz CT molecular complexity index is 437. The molecule has 20 heavy (non-hydrogen) atoms. The van der Waals surface area contributed by atoms with Gasteiger partial charge in [-0.15, -0.1) is 0 Å². The standard InChI is InChI=1S/C14H19F3N2O/c1-20-13-5-3-2-4-11(13)12-10-18-7-9-19(12)8-6-14(15,16)17/h2-5,12,18H,6-10H2,1H3. The predicted octanol–water partition coefficient (Wildman–Crippen LogP) is 2.59. The largest absolute Gasteiger partial charge is 0.496 e. The highest BCUT2D eigenvalue weighted by Gasteiger charge is 2.32. The molecule has 1 fully saturated rings. The maximum atomic E-state index is 12.4. The summed E-state index contributed by atoms with van der Waals surface area (Å²) in [6, 6.07) is 7.41. The topological polar surface area (TPSA) is 24.5 Å². The number of para-hydroxylation sites is 1. The SMILES string of the molecule is COc1ccccc1C1CNCCN1CCC(F)(F)F. The third-order valence-corrected chi connectivity index (χ3v) is 3.53. The van der Waals surface area contributed by atoms with Crippen molar-refractivity contribution in [3.63, 3.8) is 0 Å². The highest BCUT2D eigenvalue weighted by molar-refractivity contribution is 5.36. The Hall–Kier alpha value is -1.27. The molecule has 1 aromatic carbocycles. The van der Waals surface area contributed by atoms with Gasteiger partial charge in [0, 0.05) is 31.7 Å². The third kappa shape index (κ3) is 3.86. The van der Waals surface area contributed by atoms with E-state index >= 15 is 0 Å². The number of hydrogen-bond donors (Lipinski definition) is 1. The minimum Gasteiger partial charge on any atom is -0.496 e. The van der Waals surface area contributed by atoms with Crippen LogP contribution < -0.4 is 10.1 Å². The first-order valence-electron chi connectivity index (χ1n) is 6.65. The molecule has 1 heterocycles. The van der Waals surface area contributed by atoms with Crippen molar-refractivity contribution < 1.29 is 17.9 Å². The lowest BCUT2D eigenvalue weighted by Gasteiger charge is -2.37. The van der Waals surface area contributed by atoms with Crippen LogP contribution in [0.3, 0.4) is 0 Å². The molecule has 1 atom stereocenters. The number of hydrogen-bond acceptors (Lipinski definition) is 3. The molecule has 2 rings (SSSR count). The molecule has 0 bridgehead atoms. The van der Waals surface area contributed by atoms with Crippen molar-refractivity contribution >= 4 is 0 Å². The van der Waals surface area contributed by atoms with E-state index < -0.39 is 12.6 Å². The Kier molecular flexibility index (Phi) is 4.88. The highest BCUT2D eigenvalue weighted by Crippen LogP contribution is 2.31. The smallest absolute Gasteiger partial charge is 0.390 e. The molecule has 0 aromatic heterocycles. The number of nitrogens with one attached hydrogen (secondary N) is 1. The Morgan fingerprint density at radius 3 is 2.80 bits per heavy atom. The van der Waals surface area contributed by atoms with E-state index in [0.29, 0.717) is 19.6 Å². The Labute approximate surface area is 116 Å². The van der Waals surface area contributed by atoms with Crippen LogP contribution in [-0.2, 0) is 0 Å². The first kappa shape index (κ1) is 15.1. The molecule has 0 saturated carbocycles. The fraction of sp³-hybridized carbons (Fsp3) is 0.571. The maximum absolute atomic E-state index is 12.4. The molecule has 1 aliphatic rings. The van der Waals surface area contributed by atoms with Crippen molar-refractivity contribution in [2.24, 2.45) is 0 Å². The second kappa shape index (κ2) is 6.45. The van der Waals surface area contributed by atoms with E-state index in [1.54, 1.807) is 7.11 Å². The van der Waals surface area contributed by atoms with E-state index in [2.05, 4.69) is 5.32 Å². The first-order chi connectivity index (χ1) is 9.51. The molecule has 0 amide bonds. The number of methoxy groups -OCH3 is 1. The highest BCUT2D eigenvalue weighted by atomic mass is 19.4. The number of rotatable bonds is 4. The minimum absolute atomic E-state index is 0.0217. The molecular formula is C14H19F3N2O. The van der Waals surface area contributed by atoms with Crippen molar-refractivity contribution in [3.8, 4) is 5.75 Å². The lowest BCUT2D eigenvalue weighted by atomic mass is 10.0. The van der Waals surface area contributed by atoms with Crippen LogP contribution in [0.5, 0.6) is 5.75 Å². The van der Waals surface area contributed by atoms with Gasteiger partial charge < -0.3 is 10.1 Å². The molecule has 112 valence electrons. The first-order valence-corrected chi connectivity index (χ1v) is 6.65. The van der Waals surface area contributed by atoms with Crippen LogP contribution in [0.1, 0.15) is 18.0 Å². The van der Waals surface area contributed by atoms with Gasteiger partial charge in [0.2, 0.25) is 0 Å². The fourth-order valence-corrected chi connectivity index (χ4v) is 2.53. The zero-order valence-electron chi connectivity index (χ0n) is 11.4. The quantitative estimate of drug-likeness (QED) is 0.921. The third-order valence-electron chi connectivity index (χ3n) is 3.53. The summed E-state index contributed by atoms with van der Waals surface area (Å²) < 4.78 is 42.6. The Morgan fingerprint density at radius 1 is 1.35 bits per heavy atom. The van der Waals surface area contributed by atoms with Gasteiger partial charge in [-0.3, -0.25) is 4.90 Å². The summed E-state index contributed by atoms with van der Waals surface area (Å²) >= 11 is 0. The molecule has 1 N–H and O–H groups in total. The average molecular weight is 288 g/mol. The summed E-state index contributed by atoms with van der Waals surface area (Å²) in [4.78, 5) is 1.88. The van der Waals surface area contributed by atoms with Gasteiger partial charge in [-0.25, -0.2) is 0 Å². The summed E-state index contributed by atoms with van der Waals surface area (Å²) in [7, 11) is 1.58. The van der Waals surface area contributed by atoms with Crippen LogP contribution in [0.2, 0.25) is 0 Å². The average Bonchev–Trinajstić information content (AvgIpc) is 2.44. The van der Waals surface area contributed by atoms with Gasteiger partial charge in [0.15, 0.2) is 0 Å². The molecule has 6 heteroatoms. The normalized spacial score (nSPS) is 20.9. The number of piperazine rings is 1. The summed E-state index contributed by atoms with van der Waals surface area (Å²) in [5.74, 6) is 0.721. The van der Waals surface area contributed by atoms with Crippen molar-refractivity contribution in [1.82, 2.24) is 10.2 Å². The maximum Gasteiger partial charge on any atom is 0.390 e. The van der Waals surface area contributed by atoms with Gasteiger partial charge >= 0.3 is 6.18 Å². The number of alkyl halides is 3. The van der Waals surface area contributed by atoms with Crippen molar-refractivity contribution in [2.45, 2.75) is 18.6 Å². The van der Waals surface area contributed by atoms with E-state index in [-0.39, 0.29) is 12.6 Å². The molecule has 0 aliphatic carbocycles. The van der Waals surface area contributed by atoms with E-state index in [4.69, 9.17) is 4.74 Å². The minimum atomic E-state index is -4.11. The van der Waals surface area contributed by atoms with Crippen molar-refractivity contribution in [3.05, 3.63) is 29.8 Å². The summed E-state index contributed by atoms with van der Waals surface area (Å²) in [5, 5.41) is 3.23. The lowest BCUT2D eigenvalue weighted by Crippen LogP contribution is -2.47. The van der Waals surface area contributed by atoms with E-state index in [1.165, 1.54) is 0 Å². The lowest BCUT2D eigenvalue weighted by molar-refractivity contribution is -0.139. The summed E-state index contributed by atoms with van der Waals surface area (Å²) in [6.07, 6.45) is -4.89. The Balaban J connectivity index is 2.14. The summed E-state index contributed by atoms with van der Waals surface area (Å²) in [5.41, 5.74) is 0.935. The molecule has 0 radical (unpaired) electrons. The van der Waals surface area contributed by atoms with Crippen LogP contribution in [0.25, 0.3) is 0 Å². The molecule has 1 aliphatic heterocycles. The predicted molar refractivity (Wildman–Crippen MR) is 70.8 cm³/mol. The van der Waals surface area contributed by atoms with Crippen LogP contribution in [-0.4, -0.2) is 44.4 Å². The number of nitrogens with zero attached hydrogens (tertiary/aromatic N) is 1. The zero-order chi connectivity index (χ0) is 14.6. The van der Waals surface area contributed by atoms with Crippen molar-refractivity contribution in [2.75, 3.05) is 33.3 Å². The number of ether oxygens (including phenoxy) is 1. The van der Waals surface area contributed by atoms with Crippen LogP contribution in [0, 0.1) is 0 Å². The van der Waals surface area contributed by atoms with Crippen LogP contribution in [0.15, 0.2) is 24.3 Å². The van der Waals surface area contributed by atoms with E-state index in [9.17, 15) is 13.2 Å². The van der Waals surface area contributed by atoms with E-state index in [1.807, 2.05) is 29.2 Å². The van der Waals surface area contributed by atoms with Gasteiger partial charge in [0.25, 0.3) is 0 Å². The molecular weight excluding hydrogens is 269 g/mol.